The Morgan fingerprint density at radius 3 is 2.87 bits per heavy atom. The smallest absolute Gasteiger partial charge is 0.123 e. The molecule has 0 atom stereocenters. The van der Waals surface area contributed by atoms with E-state index in [2.05, 4.69) is 4.98 Å². The minimum absolute atomic E-state index is 0.195. The van der Waals surface area contributed by atoms with E-state index in [1.54, 1.807) is 23.5 Å². The van der Waals surface area contributed by atoms with E-state index in [-0.39, 0.29) is 5.82 Å². The van der Waals surface area contributed by atoms with Crippen molar-refractivity contribution in [3.05, 3.63) is 47.6 Å². The predicted molar refractivity (Wildman–Crippen MR) is 61.6 cm³/mol. The van der Waals surface area contributed by atoms with Crippen LogP contribution in [0, 0.1) is 5.82 Å². The summed E-state index contributed by atoms with van der Waals surface area (Å²) >= 11 is 1.67. The lowest BCUT2D eigenvalue weighted by atomic mass is 10.2. The standard InChI is InChI=1S/C12H8FNS/c13-9-3-4-10-8(6-9)7-11(14-10)12-2-1-5-15-12/h1-7,14H. The van der Waals surface area contributed by atoms with Crippen molar-refractivity contribution in [2.75, 3.05) is 0 Å². The van der Waals surface area contributed by atoms with Gasteiger partial charge in [-0.2, -0.15) is 0 Å². The van der Waals surface area contributed by atoms with Crippen molar-refractivity contribution < 1.29 is 4.39 Å². The molecule has 0 fully saturated rings. The number of aromatic nitrogens is 1. The number of aromatic amines is 1. The average Bonchev–Trinajstić information content (AvgIpc) is 2.84. The second-order valence-corrected chi connectivity index (χ2v) is 4.34. The Hall–Kier alpha value is -1.61. The summed E-state index contributed by atoms with van der Waals surface area (Å²) < 4.78 is 13.0. The van der Waals surface area contributed by atoms with Crippen LogP contribution >= 0.6 is 11.3 Å². The minimum atomic E-state index is -0.195. The molecule has 1 aromatic carbocycles. The van der Waals surface area contributed by atoms with Gasteiger partial charge in [0.25, 0.3) is 0 Å². The molecule has 0 unspecified atom stereocenters. The fraction of sp³-hybridized carbons (Fsp3) is 0. The van der Waals surface area contributed by atoms with E-state index in [1.165, 1.54) is 10.9 Å². The number of H-pyrrole nitrogens is 1. The topological polar surface area (TPSA) is 15.8 Å². The zero-order valence-electron chi connectivity index (χ0n) is 7.83. The summed E-state index contributed by atoms with van der Waals surface area (Å²) in [6.07, 6.45) is 0. The molecule has 0 aliphatic heterocycles. The van der Waals surface area contributed by atoms with Crippen molar-refractivity contribution in [1.29, 1.82) is 0 Å². The lowest BCUT2D eigenvalue weighted by molar-refractivity contribution is 0.630. The summed E-state index contributed by atoms with van der Waals surface area (Å²) in [6, 6.07) is 10.8. The molecule has 74 valence electrons. The SMILES string of the molecule is Fc1ccc2[nH]c(-c3cccs3)cc2c1. The van der Waals surface area contributed by atoms with Gasteiger partial charge in [-0.05, 0) is 35.7 Å². The van der Waals surface area contributed by atoms with Crippen LogP contribution < -0.4 is 0 Å². The van der Waals surface area contributed by atoms with Gasteiger partial charge < -0.3 is 4.98 Å². The van der Waals surface area contributed by atoms with E-state index in [0.29, 0.717) is 0 Å². The second kappa shape index (κ2) is 3.21. The first-order chi connectivity index (χ1) is 7.33. The van der Waals surface area contributed by atoms with E-state index < -0.39 is 0 Å². The highest BCUT2D eigenvalue weighted by Gasteiger charge is 2.04. The maximum Gasteiger partial charge on any atom is 0.123 e. The molecule has 1 N–H and O–H groups in total. The molecule has 0 saturated heterocycles. The Morgan fingerprint density at radius 2 is 2.07 bits per heavy atom. The molecule has 0 spiro atoms. The van der Waals surface area contributed by atoms with Gasteiger partial charge in [0.15, 0.2) is 0 Å². The highest BCUT2D eigenvalue weighted by atomic mass is 32.1. The monoisotopic (exact) mass is 217 g/mol. The van der Waals surface area contributed by atoms with Crippen molar-refractivity contribution in [2.45, 2.75) is 0 Å². The van der Waals surface area contributed by atoms with Gasteiger partial charge in [0.2, 0.25) is 0 Å². The summed E-state index contributed by atoms with van der Waals surface area (Å²) in [4.78, 5) is 4.44. The first-order valence-corrected chi connectivity index (χ1v) is 5.53. The number of hydrogen-bond acceptors (Lipinski definition) is 1. The lowest BCUT2D eigenvalue weighted by Gasteiger charge is -1.89. The van der Waals surface area contributed by atoms with Crippen LogP contribution in [0.25, 0.3) is 21.5 Å². The van der Waals surface area contributed by atoms with Crippen LogP contribution in [0.1, 0.15) is 0 Å². The highest BCUT2D eigenvalue weighted by Crippen LogP contribution is 2.27. The van der Waals surface area contributed by atoms with Gasteiger partial charge in [-0.15, -0.1) is 11.3 Å². The molecular formula is C12H8FNS. The maximum absolute atomic E-state index is 13.0. The van der Waals surface area contributed by atoms with Gasteiger partial charge in [-0.1, -0.05) is 6.07 Å². The minimum Gasteiger partial charge on any atom is -0.354 e. The van der Waals surface area contributed by atoms with Gasteiger partial charge in [-0.25, -0.2) is 4.39 Å². The summed E-state index contributed by atoms with van der Waals surface area (Å²) in [5.41, 5.74) is 2.02. The van der Waals surface area contributed by atoms with E-state index in [1.807, 2.05) is 23.6 Å². The zero-order valence-corrected chi connectivity index (χ0v) is 8.64. The van der Waals surface area contributed by atoms with Crippen molar-refractivity contribution in [3.8, 4) is 10.6 Å². The maximum atomic E-state index is 13.0. The lowest BCUT2D eigenvalue weighted by Crippen LogP contribution is -1.71. The Morgan fingerprint density at radius 1 is 1.13 bits per heavy atom. The molecule has 3 aromatic rings. The van der Waals surface area contributed by atoms with E-state index in [4.69, 9.17) is 0 Å². The molecule has 0 aliphatic carbocycles. The summed E-state index contributed by atoms with van der Waals surface area (Å²) in [6.45, 7) is 0. The molecular weight excluding hydrogens is 209 g/mol. The Kier molecular flexibility index (Phi) is 1.86. The van der Waals surface area contributed by atoms with E-state index in [0.717, 1.165) is 16.6 Å². The quantitative estimate of drug-likeness (QED) is 0.633. The molecule has 1 nitrogen and oxygen atoms in total. The van der Waals surface area contributed by atoms with Gasteiger partial charge in [0.1, 0.15) is 5.82 Å². The zero-order chi connectivity index (χ0) is 10.3. The van der Waals surface area contributed by atoms with Crippen molar-refractivity contribution in [1.82, 2.24) is 4.98 Å². The van der Waals surface area contributed by atoms with Crippen LogP contribution in [0.15, 0.2) is 41.8 Å². The summed E-state index contributed by atoms with van der Waals surface area (Å²) in [5, 5.41) is 2.94. The fourth-order valence-electron chi connectivity index (χ4n) is 1.67. The molecule has 0 amide bonds. The van der Waals surface area contributed by atoms with Crippen LogP contribution in [0.5, 0.6) is 0 Å². The van der Waals surface area contributed by atoms with Crippen LogP contribution in [0.2, 0.25) is 0 Å². The Balaban J connectivity index is 2.22. The molecule has 15 heavy (non-hydrogen) atoms. The number of halogens is 1. The summed E-state index contributed by atoms with van der Waals surface area (Å²) in [5.74, 6) is -0.195. The van der Waals surface area contributed by atoms with Gasteiger partial charge in [0, 0.05) is 10.9 Å². The van der Waals surface area contributed by atoms with E-state index >= 15 is 0 Å². The third-order valence-corrected chi connectivity index (χ3v) is 3.27. The first-order valence-electron chi connectivity index (χ1n) is 4.65. The third kappa shape index (κ3) is 1.45. The molecule has 0 saturated carbocycles. The number of benzene rings is 1. The largest absolute Gasteiger partial charge is 0.354 e. The first kappa shape index (κ1) is 8.68. The molecule has 3 heteroatoms. The molecule has 2 heterocycles. The van der Waals surface area contributed by atoms with Crippen molar-refractivity contribution in [2.24, 2.45) is 0 Å². The van der Waals surface area contributed by atoms with E-state index in [9.17, 15) is 4.39 Å². The van der Waals surface area contributed by atoms with Crippen LogP contribution in [0.3, 0.4) is 0 Å². The third-order valence-electron chi connectivity index (χ3n) is 2.37. The number of thiophene rings is 1. The normalized spacial score (nSPS) is 11.0. The number of hydrogen-bond donors (Lipinski definition) is 1. The fourth-order valence-corrected chi connectivity index (χ4v) is 2.37. The Bertz CT molecular complexity index is 595. The highest BCUT2D eigenvalue weighted by molar-refractivity contribution is 7.13. The number of fused-ring (bicyclic) bond motifs is 1. The molecule has 0 aliphatic rings. The number of nitrogens with one attached hydrogen (secondary N) is 1. The Labute approximate surface area is 90.2 Å². The predicted octanol–water partition coefficient (Wildman–Crippen LogP) is 4.04. The van der Waals surface area contributed by atoms with Crippen molar-refractivity contribution in [3.63, 3.8) is 0 Å². The van der Waals surface area contributed by atoms with Crippen LogP contribution in [0.4, 0.5) is 4.39 Å². The average molecular weight is 217 g/mol. The van der Waals surface area contributed by atoms with Crippen LogP contribution in [-0.4, -0.2) is 4.98 Å². The van der Waals surface area contributed by atoms with Gasteiger partial charge in [-0.3, -0.25) is 0 Å². The molecule has 0 bridgehead atoms. The number of rotatable bonds is 1. The summed E-state index contributed by atoms with van der Waals surface area (Å²) in [7, 11) is 0. The van der Waals surface area contributed by atoms with Gasteiger partial charge >= 0.3 is 0 Å². The van der Waals surface area contributed by atoms with Crippen molar-refractivity contribution >= 4 is 22.2 Å². The molecule has 3 rings (SSSR count). The van der Waals surface area contributed by atoms with Gasteiger partial charge in [0.05, 0.1) is 10.6 Å². The van der Waals surface area contributed by atoms with Crippen LogP contribution in [-0.2, 0) is 0 Å². The molecule has 2 aromatic heterocycles. The second-order valence-electron chi connectivity index (χ2n) is 3.39. The molecule has 0 radical (unpaired) electrons.